The standard InChI is InChI=1S/C15H18N4OS/c1-16-9-12-3-2-8-19(12)15(20)13-10-18-14(21-13)11-4-6-17-7-5-11/h4-7,10,12,16H,2-3,8-9H2,1H3. The summed E-state index contributed by atoms with van der Waals surface area (Å²) in [5.74, 6) is 0.102. The third kappa shape index (κ3) is 2.96. The van der Waals surface area contributed by atoms with Crippen LogP contribution in [0, 0.1) is 0 Å². The third-order valence-corrected chi connectivity index (χ3v) is 4.76. The molecule has 5 nitrogen and oxygen atoms in total. The van der Waals surface area contributed by atoms with Gasteiger partial charge in [-0.25, -0.2) is 4.98 Å². The molecule has 1 fully saturated rings. The highest BCUT2D eigenvalue weighted by Crippen LogP contribution is 2.27. The minimum Gasteiger partial charge on any atom is -0.334 e. The second kappa shape index (κ2) is 6.32. The van der Waals surface area contributed by atoms with Gasteiger partial charge in [0.05, 0.1) is 6.20 Å². The molecular weight excluding hydrogens is 284 g/mol. The smallest absolute Gasteiger partial charge is 0.265 e. The molecule has 2 aromatic heterocycles. The van der Waals surface area contributed by atoms with Gasteiger partial charge in [0.15, 0.2) is 0 Å². The number of nitrogens with zero attached hydrogens (tertiary/aromatic N) is 3. The van der Waals surface area contributed by atoms with Crippen molar-refractivity contribution >= 4 is 17.2 Å². The Hall–Kier alpha value is -1.79. The van der Waals surface area contributed by atoms with E-state index in [1.165, 1.54) is 11.3 Å². The predicted molar refractivity (Wildman–Crippen MR) is 83.3 cm³/mol. The zero-order chi connectivity index (χ0) is 14.7. The van der Waals surface area contributed by atoms with E-state index in [4.69, 9.17) is 0 Å². The number of hydrogen-bond donors (Lipinski definition) is 1. The van der Waals surface area contributed by atoms with Gasteiger partial charge in [-0.15, -0.1) is 11.3 Å². The van der Waals surface area contributed by atoms with E-state index in [1.807, 2.05) is 24.1 Å². The Bertz CT molecular complexity index is 613. The number of likely N-dealkylation sites (N-methyl/N-ethyl adjacent to an activating group) is 1. The van der Waals surface area contributed by atoms with Crippen molar-refractivity contribution in [1.82, 2.24) is 20.2 Å². The van der Waals surface area contributed by atoms with Gasteiger partial charge in [0.25, 0.3) is 5.91 Å². The number of carbonyl (C=O) groups is 1. The van der Waals surface area contributed by atoms with Gasteiger partial charge in [0, 0.05) is 37.1 Å². The fourth-order valence-electron chi connectivity index (χ4n) is 2.69. The van der Waals surface area contributed by atoms with Crippen molar-refractivity contribution in [3.05, 3.63) is 35.6 Å². The third-order valence-electron chi connectivity index (χ3n) is 3.72. The molecule has 0 aromatic carbocycles. The van der Waals surface area contributed by atoms with Crippen molar-refractivity contribution in [3.63, 3.8) is 0 Å². The van der Waals surface area contributed by atoms with E-state index >= 15 is 0 Å². The number of hydrogen-bond acceptors (Lipinski definition) is 5. The lowest BCUT2D eigenvalue weighted by Crippen LogP contribution is -2.40. The molecule has 1 aliphatic heterocycles. The average Bonchev–Trinajstić information content (AvgIpc) is 3.17. The molecule has 0 saturated carbocycles. The van der Waals surface area contributed by atoms with E-state index in [-0.39, 0.29) is 5.91 Å². The normalized spacial score (nSPS) is 18.1. The fourth-order valence-corrected chi connectivity index (χ4v) is 3.57. The van der Waals surface area contributed by atoms with Gasteiger partial charge in [-0.1, -0.05) is 0 Å². The van der Waals surface area contributed by atoms with Crippen LogP contribution >= 0.6 is 11.3 Å². The van der Waals surface area contributed by atoms with Crippen LogP contribution in [0.2, 0.25) is 0 Å². The lowest BCUT2D eigenvalue weighted by molar-refractivity contribution is 0.0741. The number of pyridine rings is 1. The number of thiazole rings is 1. The minimum atomic E-state index is 0.102. The van der Waals surface area contributed by atoms with Gasteiger partial charge >= 0.3 is 0 Å². The van der Waals surface area contributed by atoms with Crippen LogP contribution in [0.1, 0.15) is 22.5 Å². The second-order valence-electron chi connectivity index (χ2n) is 5.12. The molecule has 1 saturated heterocycles. The van der Waals surface area contributed by atoms with E-state index in [9.17, 15) is 4.79 Å². The first-order valence-electron chi connectivity index (χ1n) is 7.11. The molecule has 1 atom stereocenters. The molecule has 1 unspecified atom stereocenters. The van der Waals surface area contributed by atoms with Crippen molar-refractivity contribution in [3.8, 4) is 10.6 Å². The van der Waals surface area contributed by atoms with Crippen LogP contribution in [0.15, 0.2) is 30.7 Å². The molecule has 21 heavy (non-hydrogen) atoms. The summed E-state index contributed by atoms with van der Waals surface area (Å²) in [6.45, 7) is 1.69. The number of amides is 1. The Morgan fingerprint density at radius 3 is 3.05 bits per heavy atom. The van der Waals surface area contributed by atoms with Crippen molar-refractivity contribution in [2.45, 2.75) is 18.9 Å². The Labute approximate surface area is 128 Å². The van der Waals surface area contributed by atoms with Gasteiger partial charge in [-0.3, -0.25) is 9.78 Å². The number of aromatic nitrogens is 2. The maximum Gasteiger partial charge on any atom is 0.265 e. The fraction of sp³-hybridized carbons (Fsp3) is 0.400. The molecule has 3 rings (SSSR count). The molecule has 1 aliphatic rings. The molecule has 1 amide bonds. The van der Waals surface area contributed by atoms with E-state index < -0.39 is 0 Å². The van der Waals surface area contributed by atoms with Crippen LogP contribution in [0.5, 0.6) is 0 Å². The zero-order valence-electron chi connectivity index (χ0n) is 12.0. The molecule has 3 heterocycles. The topological polar surface area (TPSA) is 58.1 Å². The number of nitrogens with one attached hydrogen (secondary N) is 1. The summed E-state index contributed by atoms with van der Waals surface area (Å²) in [4.78, 5) is 23.7. The van der Waals surface area contributed by atoms with Crippen molar-refractivity contribution in [2.24, 2.45) is 0 Å². The SMILES string of the molecule is CNCC1CCCN1C(=O)c1cnc(-c2ccncc2)s1. The van der Waals surface area contributed by atoms with Gasteiger partial charge in [-0.05, 0) is 32.0 Å². The molecule has 2 aromatic rings. The maximum atomic E-state index is 12.6. The van der Waals surface area contributed by atoms with E-state index in [0.717, 1.165) is 36.5 Å². The summed E-state index contributed by atoms with van der Waals surface area (Å²) in [6, 6.07) is 4.12. The first-order valence-corrected chi connectivity index (χ1v) is 7.93. The van der Waals surface area contributed by atoms with E-state index in [2.05, 4.69) is 15.3 Å². The monoisotopic (exact) mass is 302 g/mol. The Kier molecular flexibility index (Phi) is 4.26. The molecule has 0 spiro atoms. The Balaban J connectivity index is 1.78. The molecule has 110 valence electrons. The number of rotatable bonds is 4. The maximum absolute atomic E-state index is 12.6. The van der Waals surface area contributed by atoms with Gasteiger partial charge < -0.3 is 10.2 Å². The van der Waals surface area contributed by atoms with Crippen molar-refractivity contribution in [1.29, 1.82) is 0 Å². The van der Waals surface area contributed by atoms with Gasteiger partial charge in [0.2, 0.25) is 0 Å². The summed E-state index contributed by atoms with van der Waals surface area (Å²) in [7, 11) is 1.93. The minimum absolute atomic E-state index is 0.102. The summed E-state index contributed by atoms with van der Waals surface area (Å²) in [5.41, 5.74) is 1.00. The second-order valence-corrected chi connectivity index (χ2v) is 6.15. The molecule has 0 radical (unpaired) electrons. The highest BCUT2D eigenvalue weighted by molar-refractivity contribution is 7.16. The van der Waals surface area contributed by atoms with Crippen LogP contribution in [-0.2, 0) is 0 Å². The van der Waals surface area contributed by atoms with Crippen LogP contribution in [0.25, 0.3) is 10.6 Å². The van der Waals surface area contributed by atoms with E-state index in [1.54, 1.807) is 18.6 Å². The predicted octanol–water partition coefficient (Wildman–Crippen LogP) is 2.03. The lowest BCUT2D eigenvalue weighted by atomic mass is 10.2. The molecule has 1 N–H and O–H groups in total. The van der Waals surface area contributed by atoms with Crippen LogP contribution in [0.3, 0.4) is 0 Å². The van der Waals surface area contributed by atoms with Gasteiger partial charge in [0.1, 0.15) is 9.88 Å². The van der Waals surface area contributed by atoms with Crippen molar-refractivity contribution in [2.75, 3.05) is 20.1 Å². The lowest BCUT2D eigenvalue weighted by Gasteiger charge is -2.23. The summed E-state index contributed by atoms with van der Waals surface area (Å²) >= 11 is 1.45. The highest BCUT2D eigenvalue weighted by Gasteiger charge is 2.29. The van der Waals surface area contributed by atoms with Crippen LogP contribution in [-0.4, -0.2) is 47.0 Å². The summed E-state index contributed by atoms with van der Waals surface area (Å²) < 4.78 is 0. The Morgan fingerprint density at radius 1 is 1.48 bits per heavy atom. The molecule has 0 aliphatic carbocycles. The first kappa shape index (κ1) is 14.2. The summed E-state index contributed by atoms with van der Waals surface area (Å²) in [6.07, 6.45) is 7.32. The summed E-state index contributed by atoms with van der Waals surface area (Å²) in [5, 5.41) is 4.03. The highest BCUT2D eigenvalue weighted by atomic mass is 32.1. The largest absolute Gasteiger partial charge is 0.334 e. The van der Waals surface area contributed by atoms with E-state index in [0.29, 0.717) is 10.9 Å². The number of carbonyl (C=O) groups excluding carboxylic acids is 1. The first-order chi connectivity index (χ1) is 10.3. The number of likely N-dealkylation sites (tertiary alicyclic amines) is 1. The van der Waals surface area contributed by atoms with Crippen molar-refractivity contribution < 1.29 is 4.79 Å². The Morgan fingerprint density at radius 2 is 2.29 bits per heavy atom. The average molecular weight is 302 g/mol. The quantitative estimate of drug-likeness (QED) is 0.939. The molecule has 0 bridgehead atoms. The van der Waals surface area contributed by atoms with Crippen LogP contribution < -0.4 is 5.32 Å². The van der Waals surface area contributed by atoms with Crippen LogP contribution in [0.4, 0.5) is 0 Å². The zero-order valence-corrected chi connectivity index (χ0v) is 12.8. The van der Waals surface area contributed by atoms with Gasteiger partial charge in [-0.2, -0.15) is 0 Å². The molecule has 6 heteroatoms. The molecular formula is C15H18N4OS.